The fourth-order valence-corrected chi connectivity index (χ4v) is 2.60. The van der Waals surface area contributed by atoms with Gasteiger partial charge in [0, 0.05) is 57.0 Å². The highest BCUT2D eigenvalue weighted by Gasteiger charge is 2.23. The van der Waals surface area contributed by atoms with Gasteiger partial charge in [0.2, 0.25) is 5.95 Å². The topological polar surface area (TPSA) is 79.2 Å². The Bertz CT molecular complexity index is 608. The number of hydrogen-bond acceptors (Lipinski definition) is 5. The fourth-order valence-electron chi connectivity index (χ4n) is 2.60. The first-order valence-corrected chi connectivity index (χ1v) is 7.77. The second kappa shape index (κ2) is 7.08. The van der Waals surface area contributed by atoms with Crippen molar-refractivity contribution in [2.24, 2.45) is 0 Å². The Hall–Kier alpha value is -2.64. The molecule has 0 radical (unpaired) electrons. The summed E-state index contributed by atoms with van der Waals surface area (Å²) in [6.45, 7) is 5.46. The number of aromatic nitrogens is 4. The van der Waals surface area contributed by atoms with E-state index < -0.39 is 0 Å². The van der Waals surface area contributed by atoms with E-state index in [4.69, 9.17) is 0 Å². The molecule has 0 spiro atoms. The normalized spacial score (nSPS) is 16.2. The summed E-state index contributed by atoms with van der Waals surface area (Å²) in [6, 6.07) is 3.67. The quantitative estimate of drug-likeness (QED) is 0.893. The Morgan fingerprint density at radius 1 is 1.17 bits per heavy atom. The molecule has 8 heteroatoms. The van der Waals surface area contributed by atoms with E-state index in [9.17, 15) is 4.79 Å². The van der Waals surface area contributed by atoms with Gasteiger partial charge in [-0.3, -0.25) is 4.68 Å². The molecule has 0 saturated carbocycles. The third-order valence-corrected chi connectivity index (χ3v) is 3.79. The predicted molar refractivity (Wildman–Crippen MR) is 86.0 cm³/mol. The zero-order valence-corrected chi connectivity index (χ0v) is 13.2. The summed E-state index contributed by atoms with van der Waals surface area (Å²) in [5.41, 5.74) is 0. The average Bonchev–Trinajstić information content (AvgIpc) is 3.08. The van der Waals surface area contributed by atoms with Gasteiger partial charge in [-0.05, 0) is 19.1 Å². The van der Waals surface area contributed by atoms with Gasteiger partial charge >= 0.3 is 6.03 Å². The zero-order valence-electron chi connectivity index (χ0n) is 13.2. The first kappa shape index (κ1) is 15.3. The van der Waals surface area contributed by atoms with E-state index in [0.29, 0.717) is 19.6 Å². The molecule has 23 heavy (non-hydrogen) atoms. The number of nitrogens with zero attached hydrogens (tertiary/aromatic N) is 6. The highest BCUT2D eigenvalue weighted by atomic mass is 16.2. The number of amides is 2. The SMILES string of the molecule is CC(Cn1cccn1)NC(=O)N1CCN(c2ncccn2)CC1. The number of carbonyl (C=O) groups is 1. The highest BCUT2D eigenvalue weighted by Crippen LogP contribution is 2.09. The van der Waals surface area contributed by atoms with E-state index in [1.165, 1.54) is 0 Å². The first-order valence-electron chi connectivity index (χ1n) is 7.77. The van der Waals surface area contributed by atoms with E-state index in [-0.39, 0.29) is 12.1 Å². The van der Waals surface area contributed by atoms with Gasteiger partial charge in [0.1, 0.15) is 0 Å². The maximum atomic E-state index is 12.3. The molecule has 0 bridgehead atoms. The predicted octanol–water partition coefficient (Wildman–Crippen LogP) is 0.593. The lowest BCUT2D eigenvalue weighted by Crippen LogP contribution is -2.53. The number of piperazine rings is 1. The van der Waals surface area contributed by atoms with Gasteiger partial charge in [-0.15, -0.1) is 0 Å². The maximum Gasteiger partial charge on any atom is 0.317 e. The highest BCUT2D eigenvalue weighted by molar-refractivity contribution is 5.74. The van der Waals surface area contributed by atoms with Crippen LogP contribution in [0.2, 0.25) is 0 Å². The van der Waals surface area contributed by atoms with Crippen LogP contribution in [0.4, 0.5) is 10.7 Å². The van der Waals surface area contributed by atoms with Gasteiger partial charge in [0.05, 0.1) is 6.54 Å². The Balaban J connectivity index is 1.46. The molecule has 1 saturated heterocycles. The van der Waals surface area contributed by atoms with E-state index >= 15 is 0 Å². The first-order chi connectivity index (χ1) is 11.2. The van der Waals surface area contributed by atoms with Crippen LogP contribution in [0.25, 0.3) is 0 Å². The summed E-state index contributed by atoms with van der Waals surface area (Å²) in [5, 5.41) is 7.17. The molecule has 2 amide bonds. The van der Waals surface area contributed by atoms with Crippen molar-refractivity contribution in [1.82, 2.24) is 30.0 Å². The number of hydrogen-bond donors (Lipinski definition) is 1. The minimum atomic E-state index is -0.0294. The molecule has 122 valence electrons. The Morgan fingerprint density at radius 2 is 1.91 bits per heavy atom. The van der Waals surface area contributed by atoms with Crippen molar-refractivity contribution < 1.29 is 4.79 Å². The van der Waals surface area contributed by atoms with Crippen LogP contribution in [0.15, 0.2) is 36.9 Å². The number of carbonyl (C=O) groups excluding carboxylic acids is 1. The molecule has 3 heterocycles. The lowest BCUT2D eigenvalue weighted by Gasteiger charge is -2.35. The molecule has 2 aromatic heterocycles. The van der Waals surface area contributed by atoms with Crippen LogP contribution < -0.4 is 10.2 Å². The summed E-state index contributed by atoms with van der Waals surface area (Å²) in [7, 11) is 0. The molecular formula is C15H21N7O. The molecule has 0 aromatic carbocycles. The van der Waals surface area contributed by atoms with E-state index in [1.54, 1.807) is 24.7 Å². The van der Waals surface area contributed by atoms with Crippen molar-refractivity contribution in [2.75, 3.05) is 31.1 Å². The second-order valence-corrected chi connectivity index (χ2v) is 5.60. The van der Waals surface area contributed by atoms with Gasteiger partial charge in [-0.2, -0.15) is 5.10 Å². The van der Waals surface area contributed by atoms with Crippen LogP contribution >= 0.6 is 0 Å². The number of nitrogens with one attached hydrogen (secondary N) is 1. The molecule has 3 rings (SSSR count). The third kappa shape index (κ3) is 3.97. The molecule has 0 aliphatic carbocycles. The lowest BCUT2D eigenvalue weighted by atomic mass is 10.3. The van der Waals surface area contributed by atoms with Crippen LogP contribution in [-0.2, 0) is 6.54 Å². The van der Waals surface area contributed by atoms with Crippen LogP contribution in [0.3, 0.4) is 0 Å². The second-order valence-electron chi connectivity index (χ2n) is 5.60. The Morgan fingerprint density at radius 3 is 2.57 bits per heavy atom. The third-order valence-electron chi connectivity index (χ3n) is 3.79. The molecule has 1 atom stereocenters. The minimum Gasteiger partial charge on any atom is -0.337 e. The minimum absolute atomic E-state index is 0.0258. The summed E-state index contributed by atoms with van der Waals surface area (Å²) < 4.78 is 1.82. The molecule has 2 aromatic rings. The molecule has 1 aliphatic heterocycles. The van der Waals surface area contributed by atoms with Crippen molar-refractivity contribution in [3.05, 3.63) is 36.9 Å². The average molecular weight is 315 g/mol. The van der Waals surface area contributed by atoms with Gasteiger partial charge in [-0.1, -0.05) is 0 Å². The molecule has 1 N–H and O–H groups in total. The summed E-state index contributed by atoms with van der Waals surface area (Å²) in [4.78, 5) is 24.7. The van der Waals surface area contributed by atoms with E-state index in [0.717, 1.165) is 19.0 Å². The maximum absolute atomic E-state index is 12.3. The van der Waals surface area contributed by atoms with Gasteiger partial charge in [0.15, 0.2) is 0 Å². The van der Waals surface area contributed by atoms with E-state index in [2.05, 4.69) is 25.3 Å². The monoisotopic (exact) mass is 315 g/mol. The molecule has 8 nitrogen and oxygen atoms in total. The van der Waals surface area contributed by atoms with Crippen molar-refractivity contribution in [1.29, 1.82) is 0 Å². The van der Waals surface area contributed by atoms with Crippen LogP contribution in [0.5, 0.6) is 0 Å². The largest absolute Gasteiger partial charge is 0.337 e. The van der Waals surface area contributed by atoms with Gasteiger partial charge < -0.3 is 15.1 Å². The Kier molecular flexibility index (Phi) is 4.70. The number of urea groups is 1. The number of anilines is 1. The van der Waals surface area contributed by atoms with Crippen molar-refractivity contribution in [3.8, 4) is 0 Å². The van der Waals surface area contributed by atoms with Crippen LogP contribution in [-0.4, -0.2) is 62.9 Å². The number of rotatable bonds is 4. The van der Waals surface area contributed by atoms with Crippen LogP contribution in [0, 0.1) is 0 Å². The Labute approximate surface area is 135 Å². The summed E-state index contributed by atoms with van der Waals surface area (Å²) in [6.07, 6.45) is 7.09. The summed E-state index contributed by atoms with van der Waals surface area (Å²) in [5.74, 6) is 0.722. The molecule has 1 aliphatic rings. The standard InChI is InChI=1S/C15H21N7O/c1-13(12-22-7-3-6-18-22)19-15(23)21-10-8-20(9-11-21)14-16-4-2-5-17-14/h2-7,13H,8-12H2,1H3,(H,19,23). The van der Waals surface area contributed by atoms with Gasteiger partial charge in [-0.25, -0.2) is 14.8 Å². The van der Waals surface area contributed by atoms with E-state index in [1.807, 2.05) is 28.8 Å². The molecule has 1 fully saturated rings. The summed E-state index contributed by atoms with van der Waals surface area (Å²) >= 11 is 0. The molecular weight excluding hydrogens is 294 g/mol. The van der Waals surface area contributed by atoms with Gasteiger partial charge in [0.25, 0.3) is 0 Å². The lowest BCUT2D eigenvalue weighted by molar-refractivity contribution is 0.189. The smallest absolute Gasteiger partial charge is 0.317 e. The molecule has 1 unspecified atom stereocenters. The van der Waals surface area contributed by atoms with Crippen LogP contribution in [0.1, 0.15) is 6.92 Å². The zero-order chi connectivity index (χ0) is 16.1. The van der Waals surface area contributed by atoms with Crippen molar-refractivity contribution >= 4 is 12.0 Å². The fraction of sp³-hybridized carbons (Fsp3) is 0.467. The van der Waals surface area contributed by atoms with Crippen molar-refractivity contribution in [3.63, 3.8) is 0 Å². The van der Waals surface area contributed by atoms with Crippen molar-refractivity contribution in [2.45, 2.75) is 19.5 Å².